The van der Waals surface area contributed by atoms with E-state index in [9.17, 15) is 13.2 Å². The first-order valence-electron chi connectivity index (χ1n) is 10.2. The smallest absolute Gasteiger partial charge is 0.239 e. The van der Waals surface area contributed by atoms with Gasteiger partial charge in [0.1, 0.15) is 0 Å². The summed E-state index contributed by atoms with van der Waals surface area (Å²) in [5.41, 5.74) is 1.07. The van der Waals surface area contributed by atoms with Crippen LogP contribution < -0.4 is 14.9 Å². The molecule has 2 aliphatic rings. The summed E-state index contributed by atoms with van der Waals surface area (Å²) in [6.07, 6.45) is 3.63. The predicted octanol–water partition coefficient (Wildman–Crippen LogP) is 3.25. The zero-order valence-corrected chi connectivity index (χ0v) is 19.4. The molecule has 3 rings (SSSR count). The SMILES string of the molecule is CC(C)S(=O)(=O)NCC1CCC(NC(=O)CN2CCSc3cc(Cl)ccc32)CC1. The van der Waals surface area contributed by atoms with E-state index in [0.29, 0.717) is 19.0 Å². The second kappa shape index (κ2) is 9.90. The lowest BCUT2D eigenvalue weighted by Gasteiger charge is -2.32. The van der Waals surface area contributed by atoms with Crippen molar-refractivity contribution in [3.8, 4) is 0 Å². The van der Waals surface area contributed by atoms with Crippen LogP contribution in [0.3, 0.4) is 0 Å². The molecule has 0 bridgehead atoms. The highest BCUT2D eigenvalue weighted by Crippen LogP contribution is 2.36. The van der Waals surface area contributed by atoms with Crippen LogP contribution in [-0.4, -0.2) is 51.0 Å². The van der Waals surface area contributed by atoms with E-state index in [0.717, 1.165) is 53.6 Å². The quantitative estimate of drug-likeness (QED) is 0.654. The van der Waals surface area contributed by atoms with Gasteiger partial charge in [0, 0.05) is 34.8 Å². The number of nitrogens with one attached hydrogen (secondary N) is 2. The molecule has 1 saturated carbocycles. The molecule has 9 heteroatoms. The molecule has 1 amide bonds. The van der Waals surface area contributed by atoms with Crippen LogP contribution in [0.4, 0.5) is 5.69 Å². The Bertz CT molecular complexity index is 824. The molecule has 1 aliphatic heterocycles. The van der Waals surface area contributed by atoms with Crippen LogP contribution >= 0.6 is 23.4 Å². The van der Waals surface area contributed by atoms with Gasteiger partial charge < -0.3 is 10.2 Å². The third-order valence-corrected chi connectivity index (χ3v) is 8.69. The highest BCUT2D eigenvalue weighted by molar-refractivity contribution is 7.99. The Balaban J connectivity index is 1.44. The second-order valence-corrected chi connectivity index (χ2v) is 12.0. The number of thioether (sulfide) groups is 1. The molecular formula is C20H30ClN3O3S2. The summed E-state index contributed by atoms with van der Waals surface area (Å²) in [6, 6.07) is 5.98. The lowest BCUT2D eigenvalue weighted by atomic mass is 9.86. The molecule has 1 aliphatic carbocycles. The lowest BCUT2D eigenvalue weighted by molar-refractivity contribution is -0.120. The van der Waals surface area contributed by atoms with Crippen LogP contribution in [0, 0.1) is 5.92 Å². The molecule has 1 aromatic carbocycles. The van der Waals surface area contributed by atoms with E-state index >= 15 is 0 Å². The Hall–Kier alpha value is -0.960. The molecule has 2 N–H and O–H groups in total. The number of sulfonamides is 1. The molecule has 162 valence electrons. The van der Waals surface area contributed by atoms with Gasteiger partial charge in [-0.1, -0.05) is 11.6 Å². The van der Waals surface area contributed by atoms with Crippen molar-refractivity contribution in [2.45, 2.75) is 55.7 Å². The Morgan fingerprint density at radius 1 is 1.28 bits per heavy atom. The molecular weight excluding hydrogens is 430 g/mol. The third kappa shape index (κ3) is 6.26. The number of halogens is 1. The Morgan fingerprint density at radius 3 is 2.69 bits per heavy atom. The summed E-state index contributed by atoms with van der Waals surface area (Å²) < 4.78 is 26.5. The number of anilines is 1. The summed E-state index contributed by atoms with van der Waals surface area (Å²) in [4.78, 5) is 15.8. The number of amides is 1. The van der Waals surface area contributed by atoms with Crippen LogP contribution in [0.15, 0.2) is 23.1 Å². The number of fused-ring (bicyclic) bond motifs is 1. The Morgan fingerprint density at radius 2 is 2.00 bits per heavy atom. The summed E-state index contributed by atoms with van der Waals surface area (Å²) in [5, 5.41) is 3.48. The first kappa shape index (κ1) is 22.7. The number of hydrogen-bond acceptors (Lipinski definition) is 5. The van der Waals surface area contributed by atoms with Gasteiger partial charge in [0.15, 0.2) is 0 Å². The van der Waals surface area contributed by atoms with Gasteiger partial charge in [-0.25, -0.2) is 13.1 Å². The van der Waals surface area contributed by atoms with Gasteiger partial charge in [0.25, 0.3) is 0 Å². The number of benzene rings is 1. The van der Waals surface area contributed by atoms with E-state index in [2.05, 4.69) is 14.9 Å². The topological polar surface area (TPSA) is 78.5 Å². The van der Waals surface area contributed by atoms with E-state index < -0.39 is 15.3 Å². The summed E-state index contributed by atoms with van der Waals surface area (Å²) in [6.45, 7) is 5.05. The maximum atomic E-state index is 12.6. The highest BCUT2D eigenvalue weighted by Gasteiger charge is 2.26. The third-order valence-electron chi connectivity index (χ3n) is 5.62. The molecule has 6 nitrogen and oxygen atoms in total. The van der Waals surface area contributed by atoms with Crippen molar-refractivity contribution in [1.82, 2.24) is 10.0 Å². The predicted molar refractivity (Wildman–Crippen MR) is 120 cm³/mol. The minimum absolute atomic E-state index is 0.0433. The fourth-order valence-electron chi connectivity index (χ4n) is 3.77. The second-order valence-electron chi connectivity index (χ2n) is 8.11. The van der Waals surface area contributed by atoms with E-state index in [-0.39, 0.29) is 11.9 Å². The van der Waals surface area contributed by atoms with Crippen LogP contribution in [0.1, 0.15) is 39.5 Å². The first-order valence-corrected chi connectivity index (χ1v) is 13.1. The fourth-order valence-corrected chi connectivity index (χ4v) is 5.90. The minimum atomic E-state index is -3.21. The van der Waals surface area contributed by atoms with Gasteiger partial charge in [-0.2, -0.15) is 0 Å². The molecule has 0 atom stereocenters. The van der Waals surface area contributed by atoms with Crippen molar-refractivity contribution >= 4 is 45.0 Å². The number of rotatable bonds is 7. The largest absolute Gasteiger partial charge is 0.360 e. The molecule has 1 fully saturated rings. The number of nitrogens with zero attached hydrogens (tertiary/aromatic N) is 1. The average molecular weight is 460 g/mol. The van der Waals surface area contributed by atoms with Crippen molar-refractivity contribution < 1.29 is 13.2 Å². The van der Waals surface area contributed by atoms with Crippen molar-refractivity contribution in [2.75, 3.05) is 30.3 Å². The maximum Gasteiger partial charge on any atom is 0.239 e. The van der Waals surface area contributed by atoms with Gasteiger partial charge in [-0.3, -0.25) is 4.79 Å². The van der Waals surface area contributed by atoms with E-state index in [4.69, 9.17) is 11.6 Å². The first-order chi connectivity index (χ1) is 13.7. The van der Waals surface area contributed by atoms with Crippen LogP contribution in [0.5, 0.6) is 0 Å². The maximum absolute atomic E-state index is 12.6. The molecule has 0 saturated heterocycles. The van der Waals surface area contributed by atoms with E-state index in [1.165, 1.54) is 0 Å². The minimum Gasteiger partial charge on any atom is -0.360 e. The molecule has 0 radical (unpaired) electrons. The zero-order chi connectivity index (χ0) is 21.0. The van der Waals surface area contributed by atoms with E-state index in [1.807, 2.05) is 18.2 Å². The van der Waals surface area contributed by atoms with Gasteiger partial charge in [-0.15, -0.1) is 11.8 Å². The van der Waals surface area contributed by atoms with Gasteiger partial charge in [0.05, 0.1) is 17.5 Å². The summed E-state index contributed by atoms with van der Waals surface area (Å²) in [5.74, 6) is 1.33. The summed E-state index contributed by atoms with van der Waals surface area (Å²) in [7, 11) is -3.21. The fraction of sp³-hybridized carbons (Fsp3) is 0.650. The van der Waals surface area contributed by atoms with Crippen molar-refractivity contribution in [1.29, 1.82) is 0 Å². The van der Waals surface area contributed by atoms with E-state index in [1.54, 1.807) is 25.6 Å². The van der Waals surface area contributed by atoms with Gasteiger partial charge >= 0.3 is 0 Å². The Labute approximate surface area is 183 Å². The van der Waals surface area contributed by atoms with Crippen LogP contribution in [0.2, 0.25) is 5.02 Å². The Kier molecular flexibility index (Phi) is 7.75. The monoisotopic (exact) mass is 459 g/mol. The molecule has 0 aromatic heterocycles. The number of carbonyl (C=O) groups excluding carboxylic acids is 1. The van der Waals surface area contributed by atoms with Crippen molar-refractivity contribution in [2.24, 2.45) is 5.92 Å². The van der Waals surface area contributed by atoms with Crippen molar-refractivity contribution in [3.05, 3.63) is 23.2 Å². The molecule has 0 unspecified atom stereocenters. The lowest BCUT2D eigenvalue weighted by Crippen LogP contribution is -2.45. The number of hydrogen-bond donors (Lipinski definition) is 2. The summed E-state index contributed by atoms with van der Waals surface area (Å²) >= 11 is 7.86. The molecule has 29 heavy (non-hydrogen) atoms. The molecule has 0 spiro atoms. The zero-order valence-electron chi connectivity index (χ0n) is 17.0. The normalized spacial score (nSPS) is 22.4. The van der Waals surface area contributed by atoms with Gasteiger partial charge in [-0.05, 0) is 63.6 Å². The van der Waals surface area contributed by atoms with Crippen LogP contribution in [-0.2, 0) is 14.8 Å². The van der Waals surface area contributed by atoms with Crippen molar-refractivity contribution in [3.63, 3.8) is 0 Å². The standard InChI is InChI=1S/C20H30ClN3O3S2/c1-14(2)29(26,27)22-12-15-3-6-17(7-4-15)23-20(25)13-24-9-10-28-19-11-16(21)5-8-18(19)24/h5,8,11,14-15,17,22H,3-4,6-7,9-10,12-13H2,1-2H3,(H,23,25). The van der Waals surface area contributed by atoms with Crippen LogP contribution in [0.25, 0.3) is 0 Å². The molecule has 1 heterocycles. The average Bonchev–Trinajstić information content (AvgIpc) is 2.67. The number of carbonyl (C=O) groups is 1. The van der Waals surface area contributed by atoms with Gasteiger partial charge in [0.2, 0.25) is 15.9 Å². The molecule has 1 aromatic rings. The highest BCUT2D eigenvalue weighted by atomic mass is 35.5.